The SMILES string of the molecule is C[C]1[CH][C](C[Si](C)(C)N2CCCC2)[C]2C=CC=C[C]12. The summed E-state index contributed by atoms with van der Waals surface area (Å²) in [6.07, 6.45) is 14.1. The lowest BCUT2D eigenvalue weighted by atomic mass is 9.85. The zero-order chi connectivity index (χ0) is 13.5. The summed E-state index contributed by atoms with van der Waals surface area (Å²) in [4.78, 5) is 0. The zero-order valence-corrected chi connectivity index (χ0v) is 13.4. The van der Waals surface area contributed by atoms with Gasteiger partial charge in [0.15, 0.2) is 0 Å². The number of hydrogen-bond donors (Lipinski definition) is 0. The minimum absolute atomic E-state index is 1.28. The fraction of sp³-hybridized carbons (Fsp3) is 0.471. The fourth-order valence-corrected chi connectivity index (χ4v) is 6.55. The summed E-state index contributed by atoms with van der Waals surface area (Å²) >= 11 is 0. The van der Waals surface area contributed by atoms with Crippen LogP contribution in [0.25, 0.3) is 0 Å². The van der Waals surface area contributed by atoms with Gasteiger partial charge in [0, 0.05) is 11.8 Å². The standard InChI is InChI=1S/C17H24NSi/c1-14-12-15(17-9-5-4-8-16(14)17)13-19(2,3)18-10-6-7-11-18/h4-5,8-9,12H,6-7,10-11,13H2,1-3H3. The van der Waals surface area contributed by atoms with Crippen LogP contribution in [0.5, 0.6) is 0 Å². The van der Waals surface area contributed by atoms with Crippen molar-refractivity contribution in [1.29, 1.82) is 0 Å². The Kier molecular flexibility index (Phi) is 3.74. The molecule has 19 heavy (non-hydrogen) atoms. The highest BCUT2D eigenvalue weighted by molar-refractivity contribution is 6.75. The smallest absolute Gasteiger partial charge is 0.122 e. The lowest BCUT2D eigenvalue weighted by molar-refractivity contribution is 0.518. The highest BCUT2D eigenvalue weighted by Crippen LogP contribution is 2.52. The number of rotatable bonds is 3. The molecule has 0 amide bonds. The summed E-state index contributed by atoms with van der Waals surface area (Å²) in [5.74, 6) is 5.96. The highest BCUT2D eigenvalue weighted by atomic mass is 28.3. The normalized spacial score (nSPS) is 27.5. The molecule has 3 rings (SSSR count). The Morgan fingerprint density at radius 1 is 1.05 bits per heavy atom. The van der Waals surface area contributed by atoms with Crippen molar-refractivity contribution in [2.45, 2.75) is 38.9 Å². The fourth-order valence-electron chi connectivity index (χ4n) is 3.57. The van der Waals surface area contributed by atoms with E-state index >= 15 is 0 Å². The van der Waals surface area contributed by atoms with Gasteiger partial charge in [0.25, 0.3) is 0 Å². The first-order valence-electron chi connectivity index (χ1n) is 7.47. The molecule has 1 nitrogen and oxygen atoms in total. The number of nitrogens with zero attached hydrogens (tertiary/aromatic N) is 1. The Bertz CT molecular complexity index is 379. The lowest BCUT2D eigenvalue weighted by Crippen LogP contribution is -2.48. The molecule has 1 aliphatic heterocycles. The van der Waals surface area contributed by atoms with E-state index in [1.54, 1.807) is 5.92 Å². The summed E-state index contributed by atoms with van der Waals surface area (Å²) in [7, 11) is -1.28. The molecule has 2 heteroatoms. The number of fused-ring (bicyclic) bond motifs is 1. The molecule has 3 aliphatic rings. The van der Waals surface area contributed by atoms with Crippen molar-refractivity contribution in [2.75, 3.05) is 13.1 Å². The molecule has 0 aromatic carbocycles. The summed E-state index contributed by atoms with van der Waals surface area (Å²) in [6, 6.07) is 1.29. The van der Waals surface area contributed by atoms with E-state index in [9.17, 15) is 0 Å². The van der Waals surface area contributed by atoms with Crippen LogP contribution in [0.1, 0.15) is 19.8 Å². The summed E-state index contributed by atoms with van der Waals surface area (Å²) in [6.45, 7) is 9.98. The second kappa shape index (κ2) is 5.21. The van der Waals surface area contributed by atoms with E-state index in [1.165, 1.54) is 49.7 Å². The van der Waals surface area contributed by atoms with E-state index in [0.717, 1.165) is 0 Å². The predicted molar refractivity (Wildman–Crippen MR) is 84.3 cm³/mol. The monoisotopic (exact) mass is 270 g/mol. The highest BCUT2D eigenvalue weighted by Gasteiger charge is 2.45. The van der Waals surface area contributed by atoms with E-state index < -0.39 is 8.24 Å². The van der Waals surface area contributed by atoms with Crippen LogP contribution < -0.4 is 0 Å². The Labute approximate surface area is 119 Å². The molecule has 2 fully saturated rings. The zero-order valence-electron chi connectivity index (χ0n) is 12.4. The minimum atomic E-state index is -1.28. The maximum absolute atomic E-state index is 2.80. The van der Waals surface area contributed by atoms with E-state index in [-0.39, 0.29) is 0 Å². The van der Waals surface area contributed by atoms with Gasteiger partial charge in [0.05, 0.1) is 0 Å². The van der Waals surface area contributed by atoms with Gasteiger partial charge in [-0.3, -0.25) is 0 Å². The molecule has 2 aliphatic carbocycles. The molecular formula is C17H24NSi. The molecule has 0 aromatic heterocycles. The van der Waals surface area contributed by atoms with Crippen LogP contribution in [0, 0.1) is 30.1 Å². The third-order valence-corrected chi connectivity index (χ3v) is 8.08. The van der Waals surface area contributed by atoms with E-state index in [2.05, 4.69) is 55.3 Å². The molecule has 0 N–H and O–H groups in total. The van der Waals surface area contributed by atoms with Crippen molar-refractivity contribution >= 4 is 8.24 Å². The average Bonchev–Trinajstić information content (AvgIpc) is 3.00. The maximum atomic E-state index is 2.80. The Morgan fingerprint density at radius 2 is 1.68 bits per heavy atom. The van der Waals surface area contributed by atoms with Gasteiger partial charge in [0.2, 0.25) is 0 Å². The van der Waals surface area contributed by atoms with E-state index in [1.807, 2.05) is 0 Å². The van der Waals surface area contributed by atoms with Gasteiger partial charge in [0.1, 0.15) is 8.24 Å². The van der Waals surface area contributed by atoms with Crippen LogP contribution in [-0.4, -0.2) is 25.9 Å². The molecule has 1 saturated carbocycles. The van der Waals surface area contributed by atoms with Gasteiger partial charge in [-0.05, 0) is 50.2 Å². The van der Waals surface area contributed by atoms with Crippen molar-refractivity contribution in [3.8, 4) is 0 Å². The molecule has 101 valence electrons. The van der Waals surface area contributed by atoms with Crippen LogP contribution in [0.3, 0.4) is 0 Å². The van der Waals surface area contributed by atoms with Crippen molar-refractivity contribution in [2.24, 2.45) is 0 Å². The second-order valence-electron chi connectivity index (χ2n) is 6.58. The molecule has 0 atom stereocenters. The van der Waals surface area contributed by atoms with E-state index in [0.29, 0.717) is 0 Å². The molecule has 0 aromatic rings. The molecule has 1 saturated heterocycles. The van der Waals surface area contributed by atoms with Crippen LogP contribution in [0.2, 0.25) is 19.1 Å². The maximum Gasteiger partial charge on any atom is 0.122 e. The van der Waals surface area contributed by atoms with Crippen molar-refractivity contribution < 1.29 is 0 Å². The van der Waals surface area contributed by atoms with Crippen molar-refractivity contribution in [3.05, 3.63) is 54.4 Å². The summed E-state index contributed by atoms with van der Waals surface area (Å²) < 4.78 is 2.80. The Morgan fingerprint density at radius 3 is 2.37 bits per heavy atom. The molecular weight excluding hydrogens is 246 g/mol. The Hall–Kier alpha value is -0.343. The predicted octanol–water partition coefficient (Wildman–Crippen LogP) is 3.95. The lowest BCUT2D eigenvalue weighted by Gasteiger charge is -2.36. The van der Waals surface area contributed by atoms with Crippen LogP contribution in [-0.2, 0) is 0 Å². The van der Waals surface area contributed by atoms with Crippen molar-refractivity contribution in [1.82, 2.24) is 4.57 Å². The first-order valence-corrected chi connectivity index (χ1v) is 10.6. The van der Waals surface area contributed by atoms with Gasteiger partial charge >= 0.3 is 0 Å². The third-order valence-electron chi connectivity index (χ3n) is 4.67. The Balaban J connectivity index is 1.69. The van der Waals surface area contributed by atoms with Gasteiger partial charge in [-0.1, -0.05) is 44.3 Å². The molecule has 0 bridgehead atoms. The van der Waals surface area contributed by atoms with Crippen LogP contribution in [0.15, 0.2) is 24.3 Å². The van der Waals surface area contributed by atoms with E-state index in [4.69, 9.17) is 0 Å². The van der Waals surface area contributed by atoms with Gasteiger partial charge < -0.3 is 4.57 Å². The second-order valence-corrected chi connectivity index (χ2v) is 11.2. The number of allylic oxidation sites excluding steroid dienone is 4. The van der Waals surface area contributed by atoms with Crippen LogP contribution in [0.4, 0.5) is 0 Å². The summed E-state index contributed by atoms with van der Waals surface area (Å²) in [5.41, 5.74) is 0. The van der Waals surface area contributed by atoms with Gasteiger partial charge in [-0.2, -0.15) is 0 Å². The first-order chi connectivity index (χ1) is 9.08. The molecule has 5 radical (unpaired) electrons. The number of hydrogen-bond acceptors (Lipinski definition) is 1. The average molecular weight is 270 g/mol. The molecule has 0 unspecified atom stereocenters. The first kappa shape index (κ1) is 13.6. The summed E-state index contributed by atoms with van der Waals surface area (Å²) in [5, 5.41) is 0. The third kappa shape index (κ3) is 2.62. The minimum Gasteiger partial charge on any atom is -0.324 e. The topological polar surface area (TPSA) is 3.24 Å². The molecule has 0 spiro atoms. The largest absolute Gasteiger partial charge is 0.324 e. The van der Waals surface area contributed by atoms with Crippen LogP contribution >= 0.6 is 0 Å². The van der Waals surface area contributed by atoms with Gasteiger partial charge in [-0.15, -0.1) is 0 Å². The molecule has 1 heterocycles. The van der Waals surface area contributed by atoms with Gasteiger partial charge in [-0.25, -0.2) is 0 Å². The quantitative estimate of drug-likeness (QED) is 0.702. The van der Waals surface area contributed by atoms with Crippen molar-refractivity contribution in [3.63, 3.8) is 0 Å².